The Morgan fingerprint density at radius 3 is 2.67 bits per heavy atom. The van der Waals surface area contributed by atoms with Gasteiger partial charge in [0, 0.05) is 11.0 Å². The van der Waals surface area contributed by atoms with E-state index < -0.39 is 16.0 Å². The second-order valence-corrected chi connectivity index (χ2v) is 6.97. The Hall–Kier alpha value is -0.960. The molecule has 1 rings (SSSR count). The number of hydrogen-bond acceptors (Lipinski definition) is 5. The van der Waals surface area contributed by atoms with Crippen LogP contribution in [-0.4, -0.2) is 34.1 Å². The van der Waals surface area contributed by atoms with E-state index in [1.54, 1.807) is 6.92 Å². The number of esters is 1. The summed E-state index contributed by atoms with van der Waals surface area (Å²) in [6, 6.07) is 4.26. The van der Waals surface area contributed by atoms with Gasteiger partial charge in [-0.15, -0.1) is 0 Å². The number of nitrogens with one attached hydrogen (secondary N) is 1. The van der Waals surface area contributed by atoms with Gasteiger partial charge in [-0.3, -0.25) is 0 Å². The summed E-state index contributed by atoms with van der Waals surface area (Å²) in [4.78, 5) is 11.7. The van der Waals surface area contributed by atoms with Crippen molar-refractivity contribution < 1.29 is 17.9 Å². The minimum Gasteiger partial charge on any atom is -0.462 e. The fourth-order valence-corrected chi connectivity index (χ4v) is 3.40. The lowest BCUT2D eigenvalue weighted by Crippen LogP contribution is -2.25. The van der Waals surface area contributed by atoms with Gasteiger partial charge in [-0.2, -0.15) is 0 Å². The number of carbonyl (C=O) groups excluding carboxylic acids is 1. The molecule has 0 aromatic heterocycles. The van der Waals surface area contributed by atoms with Crippen molar-refractivity contribution in [2.45, 2.75) is 24.7 Å². The van der Waals surface area contributed by atoms with Crippen LogP contribution in [0.25, 0.3) is 0 Å². The van der Waals surface area contributed by atoms with Crippen LogP contribution < -0.4 is 10.5 Å². The fourth-order valence-electron chi connectivity index (χ4n) is 1.61. The molecule has 1 aromatic carbocycles. The third-order valence-corrected chi connectivity index (χ3v) is 4.51. The Labute approximate surface area is 133 Å². The number of halogens is 1. The summed E-state index contributed by atoms with van der Waals surface area (Å²) in [6.45, 7) is 2.74. The number of carbonyl (C=O) groups is 1. The van der Waals surface area contributed by atoms with Crippen molar-refractivity contribution in [1.29, 1.82) is 0 Å². The molecular weight excluding hydrogens is 360 g/mol. The highest BCUT2D eigenvalue weighted by molar-refractivity contribution is 9.10. The molecule has 0 saturated carbocycles. The van der Waals surface area contributed by atoms with Gasteiger partial charge in [0.2, 0.25) is 10.0 Å². The first-order valence-electron chi connectivity index (χ1n) is 6.58. The molecule has 0 radical (unpaired) electrons. The lowest BCUT2D eigenvalue weighted by Gasteiger charge is -2.09. The van der Waals surface area contributed by atoms with Crippen molar-refractivity contribution in [1.82, 2.24) is 4.72 Å². The highest BCUT2D eigenvalue weighted by Crippen LogP contribution is 2.20. The third kappa shape index (κ3) is 5.74. The van der Waals surface area contributed by atoms with Crippen molar-refractivity contribution in [2.75, 3.05) is 19.7 Å². The van der Waals surface area contributed by atoms with E-state index >= 15 is 0 Å². The summed E-state index contributed by atoms with van der Waals surface area (Å²) < 4.78 is 32.2. The van der Waals surface area contributed by atoms with Crippen molar-refractivity contribution in [3.63, 3.8) is 0 Å². The van der Waals surface area contributed by atoms with E-state index in [1.165, 1.54) is 18.2 Å². The van der Waals surface area contributed by atoms with E-state index in [-0.39, 0.29) is 17.1 Å². The summed E-state index contributed by atoms with van der Waals surface area (Å²) in [5.41, 5.74) is 5.54. The Balaban J connectivity index is 2.93. The zero-order valence-electron chi connectivity index (χ0n) is 11.8. The first-order valence-corrected chi connectivity index (χ1v) is 8.85. The molecular formula is C13H19BrN2O4S. The Morgan fingerprint density at radius 1 is 1.33 bits per heavy atom. The lowest BCUT2D eigenvalue weighted by molar-refractivity contribution is 0.0526. The van der Waals surface area contributed by atoms with Crippen LogP contribution in [0.15, 0.2) is 27.6 Å². The highest BCUT2D eigenvalue weighted by Gasteiger charge is 2.17. The van der Waals surface area contributed by atoms with E-state index in [2.05, 4.69) is 20.7 Å². The maximum Gasteiger partial charge on any atom is 0.338 e. The Morgan fingerprint density at radius 2 is 2.05 bits per heavy atom. The number of sulfonamides is 1. The first-order chi connectivity index (χ1) is 9.90. The molecule has 8 heteroatoms. The quantitative estimate of drug-likeness (QED) is 0.529. The van der Waals surface area contributed by atoms with E-state index in [1.807, 2.05) is 0 Å². The average molecular weight is 379 g/mol. The molecule has 3 N–H and O–H groups in total. The average Bonchev–Trinajstić information content (AvgIpc) is 2.43. The van der Waals surface area contributed by atoms with Gasteiger partial charge in [0.15, 0.2) is 0 Å². The molecule has 0 aliphatic carbocycles. The van der Waals surface area contributed by atoms with E-state index in [0.717, 1.165) is 6.42 Å². The predicted molar refractivity (Wildman–Crippen MR) is 83.6 cm³/mol. The van der Waals surface area contributed by atoms with Crippen LogP contribution in [0.1, 0.15) is 30.1 Å². The molecule has 118 valence electrons. The second kappa shape index (κ2) is 8.47. The lowest BCUT2D eigenvalue weighted by atomic mass is 10.2. The summed E-state index contributed by atoms with van der Waals surface area (Å²) in [7, 11) is -3.66. The Kier molecular flexibility index (Phi) is 7.30. The molecule has 0 saturated heterocycles. The molecule has 6 nitrogen and oxygen atoms in total. The molecule has 0 aliphatic rings. The molecule has 0 aliphatic heterocycles. The highest BCUT2D eigenvalue weighted by atomic mass is 79.9. The molecule has 1 aromatic rings. The van der Waals surface area contributed by atoms with Gasteiger partial charge in [0.25, 0.3) is 0 Å². The fraction of sp³-hybridized carbons (Fsp3) is 0.462. The number of unbranched alkanes of at least 4 members (excludes halogenated alkanes) is 1. The third-order valence-electron chi connectivity index (χ3n) is 2.62. The van der Waals surface area contributed by atoms with Gasteiger partial charge in [0.1, 0.15) is 0 Å². The smallest absolute Gasteiger partial charge is 0.338 e. The molecule has 0 spiro atoms. The van der Waals surface area contributed by atoms with Crippen LogP contribution in [0.5, 0.6) is 0 Å². The van der Waals surface area contributed by atoms with Crippen molar-refractivity contribution in [3.8, 4) is 0 Å². The Bertz CT molecular complexity index is 590. The molecule has 0 bridgehead atoms. The summed E-state index contributed by atoms with van der Waals surface area (Å²) in [5.74, 6) is -0.557. The number of rotatable bonds is 8. The van der Waals surface area contributed by atoms with Gasteiger partial charge in [0.05, 0.1) is 17.1 Å². The molecule has 21 heavy (non-hydrogen) atoms. The zero-order chi connectivity index (χ0) is 15.9. The van der Waals surface area contributed by atoms with Crippen molar-refractivity contribution in [2.24, 2.45) is 5.73 Å². The van der Waals surface area contributed by atoms with Crippen LogP contribution in [0.4, 0.5) is 0 Å². The molecule has 0 unspecified atom stereocenters. The van der Waals surface area contributed by atoms with Gasteiger partial charge >= 0.3 is 5.97 Å². The van der Waals surface area contributed by atoms with Crippen LogP contribution in [-0.2, 0) is 14.8 Å². The van der Waals surface area contributed by atoms with Gasteiger partial charge in [-0.05, 0) is 44.5 Å². The molecule has 0 heterocycles. The maximum absolute atomic E-state index is 12.2. The van der Waals surface area contributed by atoms with E-state index in [0.29, 0.717) is 24.0 Å². The number of ether oxygens (including phenoxy) is 1. The van der Waals surface area contributed by atoms with E-state index in [4.69, 9.17) is 10.5 Å². The predicted octanol–water partition coefficient (Wildman–Crippen LogP) is 1.64. The number of benzene rings is 1. The summed E-state index contributed by atoms with van der Waals surface area (Å²) in [6.07, 6.45) is 1.41. The first kappa shape index (κ1) is 18.1. The van der Waals surface area contributed by atoms with Gasteiger partial charge in [-0.25, -0.2) is 17.9 Å². The second-order valence-electron chi connectivity index (χ2n) is 4.29. The van der Waals surface area contributed by atoms with Gasteiger partial charge < -0.3 is 10.5 Å². The van der Waals surface area contributed by atoms with Gasteiger partial charge in [-0.1, -0.05) is 15.9 Å². The minimum absolute atomic E-state index is 0.0210. The van der Waals surface area contributed by atoms with Crippen molar-refractivity contribution in [3.05, 3.63) is 28.2 Å². The van der Waals surface area contributed by atoms with Crippen molar-refractivity contribution >= 4 is 31.9 Å². The maximum atomic E-state index is 12.2. The minimum atomic E-state index is -3.66. The topological polar surface area (TPSA) is 98.5 Å². The molecule has 0 fully saturated rings. The van der Waals surface area contributed by atoms with Crippen LogP contribution >= 0.6 is 15.9 Å². The zero-order valence-corrected chi connectivity index (χ0v) is 14.2. The summed E-state index contributed by atoms with van der Waals surface area (Å²) in [5, 5.41) is 0. The number of nitrogens with two attached hydrogens (primary N) is 1. The van der Waals surface area contributed by atoms with Crippen LogP contribution in [0.2, 0.25) is 0 Å². The SMILES string of the molecule is CCOC(=O)c1cc(Br)cc(S(=O)(=O)NCCCCN)c1. The van der Waals surface area contributed by atoms with E-state index in [9.17, 15) is 13.2 Å². The largest absolute Gasteiger partial charge is 0.462 e. The molecule has 0 atom stereocenters. The number of hydrogen-bond donors (Lipinski definition) is 2. The molecule has 0 amide bonds. The van der Waals surface area contributed by atoms with Crippen LogP contribution in [0, 0.1) is 0 Å². The van der Waals surface area contributed by atoms with Crippen LogP contribution in [0.3, 0.4) is 0 Å². The normalized spacial score (nSPS) is 11.4. The standard InChI is InChI=1S/C13H19BrN2O4S/c1-2-20-13(17)10-7-11(14)9-12(8-10)21(18,19)16-6-4-3-5-15/h7-9,16H,2-6,15H2,1H3. The monoisotopic (exact) mass is 378 g/mol. The summed E-state index contributed by atoms with van der Waals surface area (Å²) >= 11 is 3.20.